The van der Waals surface area contributed by atoms with Crippen molar-refractivity contribution in [1.82, 2.24) is 9.88 Å². The van der Waals surface area contributed by atoms with Crippen molar-refractivity contribution in [3.63, 3.8) is 0 Å². The van der Waals surface area contributed by atoms with Crippen molar-refractivity contribution >= 4 is 11.7 Å². The number of amides is 1. The Morgan fingerprint density at radius 1 is 1.04 bits per heavy atom. The standard InChI is InChI=1S/C18H19F3N4O/c19-18(20,21)15-5-6-16(23-11-15)25-9-7-24(8-10-25)12-13-1-3-14(4-2-13)17(22)26/h1-6,11H,7-10,12H2,(H2,22,26). The number of rotatable bonds is 4. The van der Waals surface area contributed by atoms with Gasteiger partial charge in [-0.2, -0.15) is 13.2 Å². The molecule has 0 saturated carbocycles. The van der Waals surface area contributed by atoms with Crippen LogP contribution in [-0.2, 0) is 12.7 Å². The van der Waals surface area contributed by atoms with Crippen molar-refractivity contribution in [3.8, 4) is 0 Å². The molecular weight excluding hydrogens is 345 g/mol. The number of carbonyl (C=O) groups excluding carboxylic acids is 1. The van der Waals surface area contributed by atoms with E-state index in [1.54, 1.807) is 12.1 Å². The zero-order valence-electron chi connectivity index (χ0n) is 14.0. The van der Waals surface area contributed by atoms with Gasteiger partial charge in [0.1, 0.15) is 5.82 Å². The molecule has 1 fully saturated rings. The third-order valence-electron chi connectivity index (χ3n) is 4.42. The number of halogens is 3. The van der Waals surface area contributed by atoms with Crippen LogP contribution in [0, 0.1) is 0 Å². The van der Waals surface area contributed by atoms with Gasteiger partial charge in [-0.3, -0.25) is 9.69 Å². The molecule has 0 aliphatic carbocycles. The van der Waals surface area contributed by atoms with Gasteiger partial charge in [-0.05, 0) is 29.8 Å². The summed E-state index contributed by atoms with van der Waals surface area (Å²) in [6, 6.07) is 9.66. The fraction of sp³-hybridized carbons (Fsp3) is 0.333. The zero-order chi connectivity index (χ0) is 18.7. The van der Waals surface area contributed by atoms with Crippen LogP contribution < -0.4 is 10.6 Å². The first-order chi connectivity index (χ1) is 12.3. The molecule has 26 heavy (non-hydrogen) atoms. The van der Waals surface area contributed by atoms with Crippen molar-refractivity contribution in [2.24, 2.45) is 5.73 Å². The van der Waals surface area contributed by atoms with E-state index in [9.17, 15) is 18.0 Å². The number of carbonyl (C=O) groups is 1. The van der Waals surface area contributed by atoms with Gasteiger partial charge in [0, 0.05) is 44.5 Å². The number of hydrogen-bond donors (Lipinski definition) is 1. The van der Waals surface area contributed by atoms with Crippen molar-refractivity contribution in [2.45, 2.75) is 12.7 Å². The first-order valence-electron chi connectivity index (χ1n) is 8.22. The number of aromatic nitrogens is 1. The minimum Gasteiger partial charge on any atom is -0.366 e. The van der Waals surface area contributed by atoms with E-state index >= 15 is 0 Å². The van der Waals surface area contributed by atoms with E-state index in [0.29, 0.717) is 24.5 Å². The SMILES string of the molecule is NC(=O)c1ccc(CN2CCN(c3ccc(C(F)(F)F)cn3)CC2)cc1. The van der Waals surface area contributed by atoms with Crippen LogP contribution in [0.4, 0.5) is 19.0 Å². The molecule has 0 atom stereocenters. The Morgan fingerprint density at radius 2 is 1.69 bits per heavy atom. The Morgan fingerprint density at radius 3 is 2.19 bits per heavy atom. The second kappa shape index (κ2) is 7.33. The lowest BCUT2D eigenvalue weighted by Gasteiger charge is -2.35. The van der Waals surface area contributed by atoms with Crippen LogP contribution in [0.5, 0.6) is 0 Å². The van der Waals surface area contributed by atoms with Crippen LogP contribution in [0.3, 0.4) is 0 Å². The van der Waals surface area contributed by atoms with Crippen LogP contribution in [0.25, 0.3) is 0 Å². The van der Waals surface area contributed by atoms with Gasteiger partial charge < -0.3 is 10.6 Å². The molecule has 1 aliphatic heterocycles. The van der Waals surface area contributed by atoms with Gasteiger partial charge in [0.2, 0.25) is 5.91 Å². The monoisotopic (exact) mass is 364 g/mol. The van der Waals surface area contributed by atoms with Crippen molar-refractivity contribution in [2.75, 3.05) is 31.1 Å². The summed E-state index contributed by atoms with van der Waals surface area (Å²) in [5.41, 5.74) is 6.05. The van der Waals surface area contributed by atoms with Gasteiger partial charge >= 0.3 is 6.18 Å². The topological polar surface area (TPSA) is 62.5 Å². The van der Waals surface area contributed by atoms with E-state index in [1.807, 2.05) is 17.0 Å². The van der Waals surface area contributed by atoms with Gasteiger partial charge in [-0.15, -0.1) is 0 Å². The van der Waals surface area contributed by atoms with E-state index in [4.69, 9.17) is 5.73 Å². The van der Waals surface area contributed by atoms with Gasteiger partial charge in [0.05, 0.1) is 5.56 Å². The third-order valence-corrected chi connectivity index (χ3v) is 4.42. The molecule has 0 unspecified atom stereocenters. The van der Waals surface area contributed by atoms with Crippen LogP contribution in [-0.4, -0.2) is 42.0 Å². The van der Waals surface area contributed by atoms with E-state index in [2.05, 4.69) is 9.88 Å². The molecule has 2 N–H and O–H groups in total. The normalized spacial score (nSPS) is 15.9. The second-order valence-electron chi connectivity index (χ2n) is 6.23. The van der Waals surface area contributed by atoms with E-state index in [-0.39, 0.29) is 0 Å². The molecule has 3 rings (SSSR count). The molecule has 1 aromatic carbocycles. The Balaban J connectivity index is 1.54. The molecule has 8 heteroatoms. The first-order valence-corrected chi connectivity index (χ1v) is 8.22. The number of nitrogens with zero attached hydrogens (tertiary/aromatic N) is 3. The summed E-state index contributed by atoms with van der Waals surface area (Å²) in [5.74, 6) is 0.109. The van der Waals surface area contributed by atoms with E-state index in [1.165, 1.54) is 6.07 Å². The van der Waals surface area contributed by atoms with Crippen LogP contribution in [0.15, 0.2) is 42.6 Å². The van der Waals surface area contributed by atoms with Gasteiger partial charge in [-0.1, -0.05) is 12.1 Å². The fourth-order valence-corrected chi connectivity index (χ4v) is 2.91. The van der Waals surface area contributed by atoms with Gasteiger partial charge in [-0.25, -0.2) is 4.98 Å². The maximum Gasteiger partial charge on any atom is 0.417 e. The molecule has 1 aromatic heterocycles. The van der Waals surface area contributed by atoms with Crippen molar-refractivity contribution in [1.29, 1.82) is 0 Å². The average molecular weight is 364 g/mol. The van der Waals surface area contributed by atoms with Crippen LogP contribution >= 0.6 is 0 Å². The highest BCUT2D eigenvalue weighted by Crippen LogP contribution is 2.29. The third kappa shape index (κ3) is 4.32. The van der Waals surface area contributed by atoms with Gasteiger partial charge in [0.15, 0.2) is 0 Å². The molecule has 0 bridgehead atoms. The maximum atomic E-state index is 12.6. The summed E-state index contributed by atoms with van der Waals surface area (Å²) in [6.07, 6.45) is -3.49. The summed E-state index contributed by atoms with van der Waals surface area (Å²) in [6.45, 7) is 3.68. The molecule has 1 amide bonds. The lowest BCUT2D eigenvalue weighted by molar-refractivity contribution is -0.137. The molecule has 2 aromatic rings. The highest BCUT2D eigenvalue weighted by Gasteiger charge is 2.31. The highest BCUT2D eigenvalue weighted by molar-refractivity contribution is 5.92. The number of nitrogens with two attached hydrogens (primary N) is 1. The molecule has 138 valence electrons. The maximum absolute atomic E-state index is 12.6. The largest absolute Gasteiger partial charge is 0.417 e. The Bertz CT molecular complexity index is 752. The Hall–Kier alpha value is -2.61. The number of alkyl halides is 3. The zero-order valence-corrected chi connectivity index (χ0v) is 14.0. The minimum atomic E-state index is -4.37. The summed E-state index contributed by atoms with van der Waals surface area (Å²) < 4.78 is 37.8. The number of pyridine rings is 1. The number of piperazine rings is 1. The average Bonchev–Trinajstić information content (AvgIpc) is 2.62. The Kier molecular flexibility index (Phi) is 5.13. The smallest absolute Gasteiger partial charge is 0.366 e. The molecule has 0 radical (unpaired) electrons. The van der Waals surface area contributed by atoms with E-state index in [0.717, 1.165) is 37.5 Å². The second-order valence-corrected chi connectivity index (χ2v) is 6.23. The molecule has 1 saturated heterocycles. The summed E-state index contributed by atoms with van der Waals surface area (Å²) in [7, 11) is 0. The molecular formula is C18H19F3N4O. The van der Waals surface area contributed by atoms with E-state index < -0.39 is 17.6 Å². The molecule has 5 nitrogen and oxygen atoms in total. The lowest BCUT2D eigenvalue weighted by atomic mass is 10.1. The summed E-state index contributed by atoms with van der Waals surface area (Å²) in [4.78, 5) is 19.3. The number of hydrogen-bond acceptors (Lipinski definition) is 4. The predicted octanol–water partition coefficient (Wildman–Crippen LogP) is 2.52. The van der Waals surface area contributed by atoms with Crippen molar-refractivity contribution < 1.29 is 18.0 Å². The molecule has 2 heterocycles. The highest BCUT2D eigenvalue weighted by atomic mass is 19.4. The first kappa shape index (κ1) is 18.2. The minimum absolute atomic E-state index is 0.450. The van der Waals surface area contributed by atoms with Crippen molar-refractivity contribution in [3.05, 3.63) is 59.3 Å². The fourth-order valence-electron chi connectivity index (χ4n) is 2.91. The number of benzene rings is 1. The molecule has 1 aliphatic rings. The number of anilines is 1. The van der Waals surface area contributed by atoms with Crippen LogP contribution in [0.2, 0.25) is 0 Å². The lowest BCUT2D eigenvalue weighted by Crippen LogP contribution is -2.46. The van der Waals surface area contributed by atoms with Crippen LogP contribution in [0.1, 0.15) is 21.5 Å². The number of primary amides is 1. The Labute approximate surface area is 149 Å². The quantitative estimate of drug-likeness (QED) is 0.906. The summed E-state index contributed by atoms with van der Waals surface area (Å²) in [5, 5.41) is 0. The van der Waals surface area contributed by atoms with Gasteiger partial charge in [0.25, 0.3) is 0 Å². The predicted molar refractivity (Wildman–Crippen MR) is 91.7 cm³/mol. The molecule has 0 spiro atoms. The summed E-state index contributed by atoms with van der Waals surface area (Å²) >= 11 is 0.